The largest absolute Gasteiger partial charge is 0.301 e. The second-order valence-electron chi connectivity index (χ2n) is 3.99. The number of halogens is 1. The minimum atomic E-state index is -3.70. The zero-order chi connectivity index (χ0) is 13.2. The Balaban J connectivity index is 2.29. The second-order valence-corrected chi connectivity index (χ2v) is 5.66. The monoisotopic (exact) mass is 269 g/mol. The SMILES string of the molecule is N#Cc1c(F)cccc1NS(=O)(=O)N1CCCC1. The lowest BCUT2D eigenvalue weighted by Crippen LogP contribution is -2.33. The van der Waals surface area contributed by atoms with Crippen molar-refractivity contribution in [2.24, 2.45) is 0 Å². The Morgan fingerprint density at radius 1 is 1.33 bits per heavy atom. The third kappa shape index (κ3) is 2.44. The zero-order valence-corrected chi connectivity index (χ0v) is 10.4. The van der Waals surface area contributed by atoms with Crippen molar-refractivity contribution in [3.63, 3.8) is 0 Å². The number of nitrogens with one attached hydrogen (secondary N) is 1. The molecule has 0 radical (unpaired) electrons. The van der Waals surface area contributed by atoms with Gasteiger partial charge < -0.3 is 0 Å². The van der Waals surface area contributed by atoms with E-state index in [2.05, 4.69) is 4.72 Å². The lowest BCUT2D eigenvalue weighted by molar-refractivity contribution is 0.482. The maximum Gasteiger partial charge on any atom is 0.301 e. The highest BCUT2D eigenvalue weighted by Gasteiger charge is 2.26. The molecule has 1 fully saturated rings. The average Bonchev–Trinajstić information content (AvgIpc) is 2.83. The van der Waals surface area contributed by atoms with Gasteiger partial charge in [-0.25, -0.2) is 4.39 Å². The summed E-state index contributed by atoms with van der Waals surface area (Å²) in [6.07, 6.45) is 1.63. The molecule has 2 rings (SSSR count). The van der Waals surface area contributed by atoms with Gasteiger partial charge in [-0.2, -0.15) is 18.0 Å². The van der Waals surface area contributed by atoms with E-state index in [1.807, 2.05) is 0 Å². The van der Waals surface area contributed by atoms with Crippen LogP contribution in [0.25, 0.3) is 0 Å². The smallest absolute Gasteiger partial charge is 0.269 e. The first kappa shape index (κ1) is 12.8. The van der Waals surface area contributed by atoms with Crippen LogP contribution in [0.5, 0.6) is 0 Å². The third-order valence-corrected chi connectivity index (χ3v) is 4.29. The number of hydrogen-bond donors (Lipinski definition) is 1. The fraction of sp³-hybridized carbons (Fsp3) is 0.364. The van der Waals surface area contributed by atoms with Gasteiger partial charge in [0.05, 0.1) is 5.69 Å². The first-order chi connectivity index (χ1) is 8.54. The molecule has 1 heterocycles. The Bertz CT molecular complexity index is 589. The Hall–Kier alpha value is -1.65. The molecule has 0 spiro atoms. The summed E-state index contributed by atoms with van der Waals surface area (Å²) in [5, 5.41) is 8.82. The fourth-order valence-corrected chi connectivity index (χ4v) is 3.17. The van der Waals surface area contributed by atoms with Gasteiger partial charge in [0.2, 0.25) is 0 Å². The molecule has 18 heavy (non-hydrogen) atoms. The number of anilines is 1. The molecule has 0 unspecified atom stereocenters. The lowest BCUT2D eigenvalue weighted by Gasteiger charge is -2.17. The number of nitrogens with zero attached hydrogens (tertiary/aromatic N) is 2. The fourth-order valence-electron chi connectivity index (χ4n) is 1.85. The quantitative estimate of drug-likeness (QED) is 0.902. The van der Waals surface area contributed by atoms with Gasteiger partial charge >= 0.3 is 10.2 Å². The summed E-state index contributed by atoms with van der Waals surface area (Å²) in [6, 6.07) is 5.50. The van der Waals surface area contributed by atoms with E-state index in [9.17, 15) is 12.8 Å². The van der Waals surface area contributed by atoms with Crippen LogP contribution in [0, 0.1) is 17.1 Å². The van der Waals surface area contributed by atoms with Crippen molar-refractivity contribution in [3.8, 4) is 6.07 Å². The molecule has 0 saturated carbocycles. The van der Waals surface area contributed by atoms with Gasteiger partial charge in [-0.15, -0.1) is 0 Å². The summed E-state index contributed by atoms with van der Waals surface area (Å²) in [5.41, 5.74) is -0.315. The van der Waals surface area contributed by atoms with E-state index >= 15 is 0 Å². The zero-order valence-electron chi connectivity index (χ0n) is 9.56. The van der Waals surface area contributed by atoms with Gasteiger partial charge in [0.25, 0.3) is 0 Å². The molecule has 1 aromatic carbocycles. The van der Waals surface area contributed by atoms with Gasteiger partial charge in [-0.1, -0.05) is 6.07 Å². The van der Waals surface area contributed by atoms with Crippen molar-refractivity contribution in [3.05, 3.63) is 29.6 Å². The standard InChI is InChI=1S/C11H12FN3O2S/c12-10-4-3-5-11(9(10)8-13)14-18(16,17)15-6-1-2-7-15/h3-5,14H,1-2,6-7H2. The number of benzene rings is 1. The van der Waals surface area contributed by atoms with Gasteiger partial charge in [-0.05, 0) is 25.0 Å². The third-order valence-electron chi connectivity index (χ3n) is 2.77. The van der Waals surface area contributed by atoms with Crippen LogP contribution in [-0.2, 0) is 10.2 Å². The summed E-state index contributed by atoms with van der Waals surface area (Å²) in [6.45, 7) is 0.902. The molecular formula is C11H12FN3O2S. The highest BCUT2D eigenvalue weighted by atomic mass is 32.2. The van der Waals surface area contributed by atoms with Crippen LogP contribution in [0.2, 0.25) is 0 Å². The number of hydrogen-bond acceptors (Lipinski definition) is 3. The number of nitriles is 1. The Labute approximate surface area is 105 Å². The molecule has 96 valence electrons. The molecule has 0 amide bonds. The van der Waals surface area contributed by atoms with Crippen molar-refractivity contribution in [2.45, 2.75) is 12.8 Å². The Morgan fingerprint density at radius 3 is 2.61 bits per heavy atom. The minimum absolute atomic E-state index is 0.0237. The van der Waals surface area contributed by atoms with Crippen LogP contribution >= 0.6 is 0 Å². The van der Waals surface area contributed by atoms with Crippen molar-refractivity contribution in [1.29, 1.82) is 5.26 Å². The van der Waals surface area contributed by atoms with Gasteiger partial charge in [0, 0.05) is 13.1 Å². The Kier molecular flexibility index (Phi) is 3.50. The molecule has 0 aliphatic carbocycles. The minimum Gasteiger partial charge on any atom is -0.269 e. The second kappa shape index (κ2) is 4.92. The van der Waals surface area contributed by atoms with E-state index in [-0.39, 0.29) is 11.3 Å². The van der Waals surface area contributed by atoms with Crippen LogP contribution in [0.4, 0.5) is 10.1 Å². The van der Waals surface area contributed by atoms with Crippen LogP contribution < -0.4 is 4.72 Å². The first-order valence-electron chi connectivity index (χ1n) is 5.51. The Morgan fingerprint density at radius 2 is 2.00 bits per heavy atom. The molecule has 1 aliphatic rings. The van der Waals surface area contributed by atoms with Crippen molar-refractivity contribution >= 4 is 15.9 Å². The van der Waals surface area contributed by atoms with E-state index in [1.54, 1.807) is 6.07 Å². The molecule has 0 bridgehead atoms. The average molecular weight is 269 g/mol. The predicted octanol–water partition coefficient (Wildman–Crippen LogP) is 1.45. The van der Waals surface area contributed by atoms with E-state index in [1.165, 1.54) is 16.4 Å². The van der Waals surface area contributed by atoms with E-state index in [4.69, 9.17) is 5.26 Å². The molecule has 0 aromatic heterocycles. The maximum atomic E-state index is 13.3. The number of rotatable bonds is 3. The molecule has 5 nitrogen and oxygen atoms in total. The maximum absolute atomic E-state index is 13.3. The summed E-state index contributed by atoms with van der Waals surface area (Å²) in [5.74, 6) is -0.737. The van der Waals surface area contributed by atoms with Crippen LogP contribution in [-0.4, -0.2) is 25.8 Å². The highest BCUT2D eigenvalue weighted by Crippen LogP contribution is 2.21. The van der Waals surface area contributed by atoms with E-state index in [0.717, 1.165) is 18.9 Å². The van der Waals surface area contributed by atoms with Crippen LogP contribution in [0.3, 0.4) is 0 Å². The van der Waals surface area contributed by atoms with Gasteiger partial charge in [-0.3, -0.25) is 4.72 Å². The molecule has 7 heteroatoms. The molecule has 1 saturated heterocycles. The molecule has 0 atom stereocenters. The summed E-state index contributed by atoms with van der Waals surface area (Å²) in [7, 11) is -3.70. The first-order valence-corrected chi connectivity index (χ1v) is 6.95. The van der Waals surface area contributed by atoms with Crippen molar-refractivity contribution < 1.29 is 12.8 Å². The summed E-state index contributed by atoms with van der Waals surface area (Å²) in [4.78, 5) is 0. The molecule has 1 aliphatic heterocycles. The van der Waals surface area contributed by atoms with Crippen LogP contribution in [0.15, 0.2) is 18.2 Å². The van der Waals surface area contributed by atoms with E-state index < -0.39 is 16.0 Å². The summed E-state index contributed by atoms with van der Waals surface area (Å²) >= 11 is 0. The van der Waals surface area contributed by atoms with Crippen molar-refractivity contribution in [1.82, 2.24) is 4.31 Å². The molecular weight excluding hydrogens is 257 g/mol. The lowest BCUT2D eigenvalue weighted by atomic mass is 10.2. The predicted molar refractivity (Wildman–Crippen MR) is 64.5 cm³/mol. The van der Waals surface area contributed by atoms with Crippen molar-refractivity contribution in [2.75, 3.05) is 17.8 Å². The highest BCUT2D eigenvalue weighted by molar-refractivity contribution is 7.90. The van der Waals surface area contributed by atoms with Gasteiger partial charge in [0.15, 0.2) is 0 Å². The summed E-state index contributed by atoms with van der Waals surface area (Å²) < 4.78 is 40.8. The molecule has 1 N–H and O–H groups in total. The molecule has 1 aromatic rings. The van der Waals surface area contributed by atoms with E-state index in [0.29, 0.717) is 13.1 Å². The van der Waals surface area contributed by atoms with Crippen LogP contribution in [0.1, 0.15) is 18.4 Å². The van der Waals surface area contributed by atoms with Gasteiger partial charge in [0.1, 0.15) is 17.4 Å². The topological polar surface area (TPSA) is 73.2 Å². The normalized spacial score (nSPS) is 16.4.